The highest BCUT2D eigenvalue weighted by molar-refractivity contribution is 6.33. The van der Waals surface area contributed by atoms with Crippen LogP contribution in [0, 0.1) is 5.82 Å². The lowest BCUT2D eigenvalue weighted by Crippen LogP contribution is -2.34. The molecule has 4 nitrogen and oxygen atoms in total. The van der Waals surface area contributed by atoms with Gasteiger partial charge in [-0.3, -0.25) is 4.79 Å². The zero-order valence-corrected chi connectivity index (χ0v) is 12.3. The molecule has 0 saturated carbocycles. The number of rotatable bonds is 6. The maximum atomic E-state index is 13.9. The Labute approximate surface area is 127 Å². The molecule has 6 heteroatoms. The molecule has 0 spiro atoms. The molecule has 0 radical (unpaired) electrons. The van der Waals surface area contributed by atoms with Gasteiger partial charge < -0.3 is 14.1 Å². The number of carbonyl (C=O) groups excluding carboxylic acids is 1. The van der Waals surface area contributed by atoms with Crippen LogP contribution in [0.3, 0.4) is 0 Å². The first-order valence-corrected chi connectivity index (χ1v) is 6.74. The Bertz CT molecular complexity index is 581. The molecule has 0 N–H and O–H groups in total. The number of carbonyl (C=O) groups is 1. The van der Waals surface area contributed by atoms with Crippen LogP contribution >= 0.6 is 11.6 Å². The molecule has 0 atom stereocenters. The molecular formula is C15H15ClFNO3. The smallest absolute Gasteiger partial charge is 0.258 e. The van der Waals surface area contributed by atoms with E-state index in [-0.39, 0.29) is 10.6 Å². The summed E-state index contributed by atoms with van der Waals surface area (Å²) >= 11 is 5.95. The summed E-state index contributed by atoms with van der Waals surface area (Å²) in [6, 6.07) is 5.91. The fraction of sp³-hybridized carbons (Fsp3) is 0.267. The molecule has 21 heavy (non-hydrogen) atoms. The Morgan fingerprint density at radius 1 is 1.43 bits per heavy atom. The van der Waals surface area contributed by atoms with Crippen molar-refractivity contribution in [3.63, 3.8) is 0 Å². The van der Waals surface area contributed by atoms with E-state index in [4.69, 9.17) is 20.8 Å². The lowest BCUT2D eigenvalue weighted by atomic mass is 10.1. The summed E-state index contributed by atoms with van der Waals surface area (Å²) in [7, 11) is 1.54. The van der Waals surface area contributed by atoms with E-state index >= 15 is 0 Å². The highest BCUT2D eigenvalue weighted by atomic mass is 35.5. The standard InChI is InChI=1S/C15H15ClFNO3/c1-20-8-6-18(9-11-5-7-21-10-11)15(19)14-12(16)3-2-4-13(14)17/h2-5,7,10H,6,8-9H2,1H3. The first-order chi connectivity index (χ1) is 10.1. The van der Waals surface area contributed by atoms with Crippen LogP contribution in [-0.4, -0.2) is 31.1 Å². The summed E-state index contributed by atoms with van der Waals surface area (Å²) in [6.07, 6.45) is 3.06. The van der Waals surface area contributed by atoms with Crippen molar-refractivity contribution in [2.45, 2.75) is 6.54 Å². The monoisotopic (exact) mass is 311 g/mol. The molecule has 0 saturated heterocycles. The van der Waals surface area contributed by atoms with Gasteiger partial charge in [0.1, 0.15) is 5.82 Å². The van der Waals surface area contributed by atoms with Crippen molar-refractivity contribution in [2.75, 3.05) is 20.3 Å². The zero-order chi connectivity index (χ0) is 15.2. The van der Waals surface area contributed by atoms with Crippen molar-refractivity contribution in [3.05, 3.63) is 58.8 Å². The third kappa shape index (κ3) is 3.83. The second-order valence-electron chi connectivity index (χ2n) is 4.45. The molecule has 1 aromatic heterocycles. The lowest BCUT2D eigenvalue weighted by Gasteiger charge is -2.22. The Morgan fingerprint density at radius 2 is 2.24 bits per heavy atom. The van der Waals surface area contributed by atoms with E-state index in [0.29, 0.717) is 19.7 Å². The fourth-order valence-corrected chi connectivity index (χ4v) is 2.16. The van der Waals surface area contributed by atoms with E-state index in [1.54, 1.807) is 6.07 Å². The van der Waals surface area contributed by atoms with E-state index in [1.165, 1.54) is 42.7 Å². The van der Waals surface area contributed by atoms with Gasteiger partial charge in [-0.2, -0.15) is 0 Å². The van der Waals surface area contributed by atoms with E-state index in [0.717, 1.165) is 5.56 Å². The normalized spacial score (nSPS) is 10.6. The fourth-order valence-electron chi connectivity index (χ4n) is 1.92. The number of benzene rings is 1. The molecule has 0 fully saturated rings. The van der Waals surface area contributed by atoms with Gasteiger partial charge in [0.2, 0.25) is 0 Å². The lowest BCUT2D eigenvalue weighted by molar-refractivity contribution is 0.0675. The third-order valence-corrected chi connectivity index (χ3v) is 3.30. The minimum absolute atomic E-state index is 0.0922. The van der Waals surface area contributed by atoms with E-state index in [1.807, 2.05) is 0 Å². The van der Waals surface area contributed by atoms with Gasteiger partial charge in [0.15, 0.2) is 0 Å². The summed E-state index contributed by atoms with van der Waals surface area (Å²) in [4.78, 5) is 14.0. The quantitative estimate of drug-likeness (QED) is 0.821. The van der Waals surface area contributed by atoms with Crippen molar-refractivity contribution in [1.29, 1.82) is 0 Å². The van der Waals surface area contributed by atoms with Crippen molar-refractivity contribution < 1.29 is 18.3 Å². The second kappa shape index (κ2) is 7.24. The molecule has 0 bridgehead atoms. The second-order valence-corrected chi connectivity index (χ2v) is 4.85. The number of hydrogen-bond acceptors (Lipinski definition) is 3. The molecule has 0 aliphatic heterocycles. The molecule has 112 valence electrons. The zero-order valence-electron chi connectivity index (χ0n) is 11.5. The number of hydrogen-bond donors (Lipinski definition) is 0. The number of ether oxygens (including phenoxy) is 1. The average molecular weight is 312 g/mol. The maximum Gasteiger partial charge on any atom is 0.258 e. The summed E-state index contributed by atoms with van der Waals surface area (Å²) < 4.78 is 23.9. The third-order valence-electron chi connectivity index (χ3n) is 2.98. The predicted octanol–water partition coefficient (Wildman–Crippen LogP) is 3.36. The van der Waals surface area contributed by atoms with Crippen LogP contribution in [0.4, 0.5) is 4.39 Å². The predicted molar refractivity (Wildman–Crippen MR) is 76.7 cm³/mol. The molecule has 2 rings (SSSR count). The first-order valence-electron chi connectivity index (χ1n) is 6.36. The molecular weight excluding hydrogens is 297 g/mol. The van der Waals surface area contributed by atoms with E-state index in [2.05, 4.69) is 0 Å². The van der Waals surface area contributed by atoms with Crippen LogP contribution in [0.2, 0.25) is 5.02 Å². The van der Waals surface area contributed by atoms with Crippen LogP contribution in [0.15, 0.2) is 41.2 Å². The van der Waals surface area contributed by atoms with Crippen LogP contribution in [0.25, 0.3) is 0 Å². The summed E-state index contributed by atoms with van der Waals surface area (Å²) in [5.41, 5.74) is 0.686. The molecule has 0 unspecified atom stereocenters. The van der Waals surface area contributed by atoms with Gasteiger partial charge in [0, 0.05) is 25.8 Å². The Kier molecular flexibility index (Phi) is 5.36. The van der Waals surface area contributed by atoms with Crippen molar-refractivity contribution >= 4 is 17.5 Å². The van der Waals surface area contributed by atoms with Gasteiger partial charge in [-0.05, 0) is 18.2 Å². The minimum atomic E-state index is -0.637. The highest BCUT2D eigenvalue weighted by Gasteiger charge is 2.22. The number of furan rings is 1. The van der Waals surface area contributed by atoms with Gasteiger partial charge in [-0.15, -0.1) is 0 Å². The Balaban J connectivity index is 2.25. The first kappa shape index (κ1) is 15.5. The summed E-state index contributed by atoms with van der Waals surface area (Å²) in [6.45, 7) is 0.962. The number of halogens is 2. The highest BCUT2D eigenvalue weighted by Crippen LogP contribution is 2.21. The number of nitrogens with zero attached hydrogens (tertiary/aromatic N) is 1. The Morgan fingerprint density at radius 3 is 2.86 bits per heavy atom. The van der Waals surface area contributed by atoms with Gasteiger partial charge in [-0.1, -0.05) is 17.7 Å². The van der Waals surface area contributed by atoms with Gasteiger partial charge in [0.05, 0.1) is 29.7 Å². The number of amides is 1. The molecule has 0 aliphatic rings. The maximum absolute atomic E-state index is 13.9. The van der Waals surface area contributed by atoms with Crippen LogP contribution in [0.5, 0.6) is 0 Å². The number of methoxy groups -OCH3 is 1. The van der Waals surface area contributed by atoms with Crippen LogP contribution in [-0.2, 0) is 11.3 Å². The molecule has 0 aliphatic carbocycles. The van der Waals surface area contributed by atoms with Gasteiger partial charge in [-0.25, -0.2) is 4.39 Å². The van der Waals surface area contributed by atoms with Gasteiger partial charge in [0.25, 0.3) is 5.91 Å². The summed E-state index contributed by atoms with van der Waals surface area (Å²) in [5.74, 6) is -1.11. The van der Waals surface area contributed by atoms with Gasteiger partial charge >= 0.3 is 0 Å². The van der Waals surface area contributed by atoms with Crippen LogP contribution in [0.1, 0.15) is 15.9 Å². The van der Waals surface area contributed by atoms with Crippen molar-refractivity contribution in [3.8, 4) is 0 Å². The molecule has 1 aromatic carbocycles. The molecule has 1 heterocycles. The van der Waals surface area contributed by atoms with E-state index < -0.39 is 11.7 Å². The SMILES string of the molecule is COCCN(Cc1ccoc1)C(=O)c1c(F)cccc1Cl. The van der Waals surface area contributed by atoms with Crippen molar-refractivity contribution in [2.24, 2.45) is 0 Å². The largest absolute Gasteiger partial charge is 0.472 e. The molecule has 2 aromatic rings. The van der Waals surface area contributed by atoms with Crippen LogP contribution < -0.4 is 0 Å². The Hall–Kier alpha value is -1.85. The van der Waals surface area contributed by atoms with Crippen molar-refractivity contribution in [1.82, 2.24) is 4.90 Å². The minimum Gasteiger partial charge on any atom is -0.472 e. The van der Waals surface area contributed by atoms with E-state index in [9.17, 15) is 9.18 Å². The topological polar surface area (TPSA) is 42.7 Å². The average Bonchev–Trinajstić information content (AvgIpc) is 2.96. The summed E-state index contributed by atoms with van der Waals surface area (Å²) in [5, 5.41) is 0.0922. The molecule has 1 amide bonds.